The lowest BCUT2D eigenvalue weighted by atomic mass is 10.2. The third-order valence-electron chi connectivity index (χ3n) is 2.05. The van der Waals surface area contributed by atoms with Crippen molar-refractivity contribution >= 4 is 18.5 Å². The maximum atomic E-state index is 5.41. The van der Waals surface area contributed by atoms with Crippen LogP contribution in [0.4, 0.5) is 0 Å². The van der Waals surface area contributed by atoms with Gasteiger partial charge in [0.05, 0.1) is 0 Å². The van der Waals surface area contributed by atoms with Crippen LogP contribution in [-0.2, 0) is 4.74 Å². The van der Waals surface area contributed by atoms with E-state index in [9.17, 15) is 0 Å². The van der Waals surface area contributed by atoms with Gasteiger partial charge in [-0.3, -0.25) is 0 Å². The maximum absolute atomic E-state index is 5.41. The Balaban J connectivity index is 2.33. The zero-order chi connectivity index (χ0) is 10.4. The van der Waals surface area contributed by atoms with Crippen LogP contribution in [0.1, 0.15) is 32.6 Å². The lowest BCUT2D eigenvalue weighted by Crippen LogP contribution is -2.23. The van der Waals surface area contributed by atoms with Crippen LogP contribution in [0, 0.1) is 0 Å². The Bertz CT molecular complexity index is 218. The predicted octanol–water partition coefficient (Wildman–Crippen LogP) is 2.61. The summed E-state index contributed by atoms with van der Waals surface area (Å²) in [7, 11) is 0. The fourth-order valence-electron chi connectivity index (χ4n) is 1.30. The molecule has 1 rings (SSSR count). The van der Waals surface area contributed by atoms with E-state index in [2.05, 4.69) is 31.2 Å². The number of hydrogen-bond acceptors (Lipinski definition) is 4. The van der Waals surface area contributed by atoms with Crippen molar-refractivity contribution in [2.75, 3.05) is 6.54 Å². The average Bonchev–Trinajstić information content (AvgIpc) is 2.48. The van der Waals surface area contributed by atoms with Gasteiger partial charge >= 0.3 is 0 Å². The highest BCUT2D eigenvalue weighted by atomic mass is 32.1. The lowest BCUT2D eigenvalue weighted by Gasteiger charge is -2.16. The van der Waals surface area contributed by atoms with Crippen molar-refractivity contribution in [2.45, 2.75) is 38.2 Å². The molecule has 1 aliphatic heterocycles. The quantitative estimate of drug-likeness (QED) is 0.417. The van der Waals surface area contributed by atoms with E-state index < -0.39 is 0 Å². The van der Waals surface area contributed by atoms with Crippen molar-refractivity contribution < 1.29 is 4.74 Å². The van der Waals surface area contributed by atoms with Crippen molar-refractivity contribution in [2.24, 2.45) is 5.10 Å². The van der Waals surface area contributed by atoms with Gasteiger partial charge in [0, 0.05) is 13.0 Å². The fraction of sp³-hybridized carbons (Fsp3) is 0.700. The second-order valence-electron chi connectivity index (χ2n) is 3.30. The van der Waals surface area contributed by atoms with E-state index in [1.807, 2.05) is 5.01 Å². The van der Waals surface area contributed by atoms with Crippen molar-refractivity contribution in [1.82, 2.24) is 5.01 Å². The first-order valence-electron chi connectivity index (χ1n) is 5.07. The smallest absolute Gasteiger partial charge is 0.234 e. The van der Waals surface area contributed by atoms with Crippen LogP contribution in [0.2, 0.25) is 0 Å². The van der Waals surface area contributed by atoms with Crippen LogP contribution >= 0.6 is 12.6 Å². The van der Waals surface area contributed by atoms with Crippen LogP contribution in [0.15, 0.2) is 17.8 Å². The van der Waals surface area contributed by atoms with Gasteiger partial charge in [-0.1, -0.05) is 25.8 Å². The van der Waals surface area contributed by atoms with Crippen molar-refractivity contribution in [3.63, 3.8) is 0 Å². The average molecular weight is 214 g/mol. The van der Waals surface area contributed by atoms with E-state index >= 15 is 0 Å². The predicted molar refractivity (Wildman–Crippen MR) is 62.3 cm³/mol. The molecule has 4 heteroatoms. The van der Waals surface area contributed by atoms with E-state index in [1.165, 1.54) is 12.8 Å². The van der Waals surface area contributed by atoms with Gasteiger partial charge in [0.25, 0.3) is 0 Å². The molecule has 14 heavy (non-hydrogen) atoms. The van der Waals surface area contributed by atoms with Crippen LogP contribution in [0.25, 0.3) is 0 Å². The molecule has 80 valence electrons. The number of hydrazone groups is 1. The largest absolute Gasteiger partial charge is 0.445 e. The molecule has 1 heterocycles. The summed E-state index contributed by atoms with van der Waals surface area (Å²) in [5.74, 6) is 0.719. The SMILES string of the molecule is C=CCC1=NN(CCCCC)C(S)O1. The van der Waals surface area contributed by atoms with E-state index in [-0.39, 0.29) is 5.56 Å². The number of ether oxygens (including phenoxy) is 1. The molecular weight excluding hydrogens is 196 g/mol. The third kappa shape index (κ3) is 3.25. The summed E-state index contributed by atoms with van der Waals surface area (Å²) < 4.78 is 5.41. The Morgan fingerprint density at radius 1 is 1.64 bits per heavy atom. The first-order chi connectivity index (χ1) is 6.77. The first kappa shape index (κ1) is 11.4. The summed E-state index contributed by atoms with van der Waals surface area (Å²) in [6.45, 7) is 6.75. The van der Waals surface area contributed by atoms with Crippen LogP contribution < -0.4 is 0 Å². The molecular formula is C10H18N2OS. The number of hydrogen-bond donors (Lipinski definition) is 1. The van der Waals surface area contributed by atoms with Crippen molar-refractivity contribution in [1.29, 1.82) is 0 Å². The monoisotopic (exact) mass is 214 g/mol. The number of unbranched alkanes of at least 4 members (excludes halogenated alkanes) is 2. The summed E-state index contributed by atoms with van der Waals surface area (Å²) in [5, 5.41) is 6.20. The first-order valence-corrected chi connectivity index (χ1v) is 5.59. The van der Waals surface area contributed by atoms with Gasteiger partial charge in [0.15, 0.2) is 0 Å². The highest BCUT2D eigenvalue weighted by Gasteiger charge is 2.22. The van der Waals surface area contributed by atoms with E-state index in [1.54, 1.807) is 6.08 Å². The number of rotatable bonds is 6. The summed E-state index contributed by atoms with van der Waals surface area (Å²) in [4.78, 5) is 0. The summed E-state index contributed by atoms with van der Waals surface area (Å²) in [5.41, 5.74) is -0.207. The molecule has 0 aliphatic carbocycles. The molecule has 0 radical (unpaired) electrons. The van der Waals surface area contributed by atoms with E-state index in [0.29, 0.717) is 6.42 Å². The number of nitrogens with zero attached hydrogens (tertiary/aromatic N) is 2. The van der Waals surface area contributed by atoms with Crippen molar-refractivity contribution in [3.8, 4) is 0 Å². The van der Waals surface area contributed by atoms with Crippen LogP contribution in [-0.4, -0.2) is 23.0 Å². The lowest BCUT2D eigenvalue weighted by molar-refractivity contribution is 0.134. The Kier molecular flexibility index (Phi) is 4.87. The topological polar surface area (TPSA) is 24.8 Å². The van der Waals surface area contributed by atoms with Gasteiger partial charge in [0.1, 0.15) is 0 Å². The molecule has 0 spiro atoms. The maximum Gasteiger partial charge on any atom is 0.234 e. The second-order valence-corrected chi connectivity index (χ2v) is 3.74. The molecule has 0 saturated heterocycles. The minimum Gasteiger partial charge on any atom is -0.445 e. The molecule has 0 aromatic carbocycles. The molecule has 0 saturated carbocycles. The molecule has 0 amide bonds. The summed E-state index contributed by atoms with van der Waals surface area (Å²) in [6, 6.07) is 0. The Labute approximate surface area is 91.2 Å². The minimum absolute atomic E-state index is 0.207. The van der Waals surface area contributed by atoms with Crippen molar-refractivity contribution in [3.05, 3.63) is 12.7 Å². The molecule has 0 bridgehead atoms. The van der Waals surface area contributed by atoms with Gasteiger partial charge in [-0.2, -0.15) is 0 Å². The molecule has 1 aliphatic rings. The summed E-state index contributed by atoms with van der Waals surface area (Å²) in [6.07, 6.45) is 6.05. The highest BCUT2D eigenvalue weighted by molar-refractivity contribution is 7.80. The van der Waals surface area contributed by atoms with Crippen LogP contribution in [0.5, 0.6) is 0 Å². The van der Waals surface area contributed by atoms with Gasteiger partial charge in [-0.25, -0.2) is 5.01 Å². The van der Waals surface area contributed by atoms with Crippen LogP contribution in [0.3, 0.4) is 0 Å². The molecule has 0 aromatic heterocycles. The van der Waals surface area contributed by atoms with Gasteiger partial charge < -0.3 is 4.74 Å². The Morgan fingerprint density at radius 2 is 2.43 bits per heavy atom. The zero-order valence-electron chi connectivity index (χ0n) is 8.65. The second kappa shape index (κ2) is 5.96. The number of thiol groups is 1. The molecule has 0 N–H and O–H groups in total. The van der Waals surface area contributed by atoms with E-state index in [0.717, 1.165) is 18.9 Å². The molecule has 1 unspecified atom stereocenters. The Hall–Kier alpha value is -0.640. The molecule has 0 aromatic rings. The third-order valence-corrected chi connectivity index (χ3v) is 2.42. The zero-order valence-corrected chi connectivity index (χ0v) is 9.54. The highest BCUT2D eigenvalue weighted by Crippen LogP contribution is 2.17. The fourth-order valence-corrected chi connectivity index (χ4v) is 1.58. The van der Waals surface area contributed by atoms with E-state index in [4.69, 9.17) is 4.74 Å². The van der Waals surface area contributed by atoms with Gasteiger partial charge in [-0.05, 0) is 6.42 Å². The molecule has 1 atom stereocenters. The standard InChI is InChI=1S/C10H18N2OS/c1-3-5-6-8-12-10(14)13-9(11-12)7-4-2/h4,10,14H,2-3,5-8H2,1H3. The minimum atomic E-state index is -0.207. The van der Waals surface area contributed by atoms with Gasteiger partial charge in [0.2, 0.25) is 11.5 Å². The normalized spacial score (nSPS) is 20.6. The molecule has 3 nitrogen and oxygen atoms in total. The Morgan fingerprint density at radius 3 is 3.07 bits per heavy atom. The molecule has 0 fully saturated rings. The van der Waals surface area contributed by atoms with Gasteiger partial charge in [-0.15, -0.1) is 24.3 Å². The summed E-state index contributed by atoms with van der Waals surface area (Å²) >= 11 is 4.30.